The Morgan fingerprint density at radius 2 is 1.06 bits per heavy atom. The lowest BCUT2D eigenvalue weighted by Crippen LogP contribution is -2.12. The minimum Gasteiger partial charge on any atom is -0.377 e. The summed E-state index contributed by atoms with van der Waals surface area (Å²) >= 11 is 0. The Kier molecular flexibility index (Phi) is 4.10. The normalized spacial score (nSPS) is 22.4. The highest BCUT2D eigenvalue weighted by atomic mass is 32.2. The maximum Gasteiger partial charge on any atom is 0.195 e. The largest absolute Gasteiger partial charge is 0.377 e. The molecule has 0 aromatic heterocycles. The van der Waals surface area contributed by atoms with Crippen molar-refractivity contribution in [1.29, 1.82) is 0 Å². The van der Waals surface area contributed by atoms with E-state index in [0.717, 1.165) is 51.9 Å². The Balaban J connectivity index is 1.88. The van der Waals surface area contributed by atoms with Gasteiger partial charge in [0.1, 0.15) is 0 Å². The summed E-state index contributed by atoms with van der Waals surface area (Å²) in [5, 5.41) is 2.62. The topological polar surface area (TPSA) is 40.6 Å². The van der Waals surface area contributed by atoms with Crippen molar-refractivity contribution in [3.63, 3.8) is 0 Å². The summed E-state index contributed by atoms with van der Waals surface area (Å²) < 4.78 is 23.4. The molecule has 0 bridgehead atoms. The molecule has 0 saturated carbocycles. The highest BCUT2D eigenvalue weighted by Gasteiger charge is 2.10. The first-order valence-corrected chi connectivity index (χ1v) is 7.86. The molecule has 0 atom stereocenters. The van der Waals surface area contributed by atoms with Crippen LogP contribution in [-0.4, -0.2) is 44.4 Å². The van der Waals surface area contributed by atoms with Gasteiger partial charge in [-0.3, -0.25) is 0 Å². The average molecular weight is 256 g/mol. The fraction of sp³-hybridized carbons (Fsp3) is 0.667. The molecule has 2 heterocycles. The van der Waals surface area contributed by atoms with Gasteiger partial charge in [0, 0.05) is 38.6 Å². The lowest BCUT2D eigenvalue weighted by Gasteiger charge is -2.10. The molecule has 5 heteroatoms. The van der Waals surface area contributed by atoms with Gasteiger partial charge in [0.2, 0.25) is 0 Å². The summed E-state index contributed by atoms with van der Waals surface area (Å²) in [4.78, 5) is 4.11. The Bertz CT molecular complexity index is 357. The third-order valence-corrected chi connectivity index (χ3v) is 4.21. The molecule has 0 aromatic rings. The first-order chi connectivity index (χ1) is 8.16. The SMILES string of the molecule is O=S(=O)(C=CN1CCCC1)C=CN1CCCC1. The molecule has 0 aliphatic carbocycles. The third-order valence-electron chi connectivity index (χ3n) is 3.20. The van der Waals surface area contributed by atoms with Crippen LogP contribution in [-0.2, 0) is 9.84 Å². The van der Waals surface area contributed by atoms with E-state index in [1.807, 2.05) is 0 Å². The Morgan fingerprint density at radius 1 is 0.706 bits per heavy atom. The van der Waals surface area contributed by atoms with Crippen molar-refractivity contribution in [2.45, 2.75) is 25.7 Å². The quantitative estimate of drug-likeness (QED) is 0.765. The zero-order valence-electron chi connectivity index (χ0n) is 10.1. The molecule has 2 saturated heterocycles. The summed E-state index contributed by atoms with van der Waals surface area (Å²) in [5.74, 6) is 0. The molecule has 4 nitrogen and oxygen atoms in total. The molecular weight excluding hydrogens is 236 g/mol. The molecule has 2 aliphatic heterocycles. The second kappa shape index (κ2) is 5.58. The van der Waals surface area contributed by atoms with E-state index in [9.17, 15) is 8.42 Å². The number of nitrogens with zero attached hydrogens (tertiary/aromatic N) is 2. The van der Waals surface area contributed by atoms with Crippen molar-refractivity contribution in [3.8, 4) is 0 Å². The van der Waals surface area contributed by atoms with Crippen LogP contribution < -0.4 is 0 Å². The molecule has 96 valence electrons. The minimum absolute atomic E-state index is 0.974. The molecule has 0 N–H and O–H groups in total. The fourth-order valence-electron chi connectivity index (χ4n) is 2.17. The van der Waals surface area contributed by atoms with Crippen molar-refractivity contribution < 1.29 is 8.42 Å². The number of sulfone groups is 1. The van der Waals surface area contributed by atoms with Crippen molar-refractivity contribution in [2.24, 2.45) is 0 Å². The standard InChI is InChI=1S/C12H20N2O2S/c15-17(16,11-9-13-5-1-2-6-13)12-10-14-7-3-4-8-14/h9-12H,1-8H2. The van der Waals surface area contributed by atoms with E-state index in [0.29, 0.717) is 0 Å². The van der Waals surface area contributed by atoms with Gasteiger partial charge in [-0.1, -0.05) is 0 Å². The Morgan fingerprint density at radius 3 is 1.41 bits per heavy atom. The molecule has 0 spiro atoms. The Labute approximate surface area is 104 Å². The van der Waals surface area contributed by atoms with Gasteiger partial charge >= 0.3 is 0 Å². The first kappa shape index (κ1) is 12.5. The molecular formula is C12H20N2O2S. The van der Waals surface area contributed by atoms with Gasteiger partial charge in [0.15, 0.2) is 9.84 Å². The predicted molar refractivity (Wildman–Crippen MR) is 68.8 cm³/mol. The molecule has 0 radical (unpaired) electrons. The van der Waals surface area contributed by atoms with E-state index in [-0.39, 0.29) is 0 Å². The molecule has 17 heavy (non-hydrogen) atoms. The summed E-state index contributed by atoms with van der Waals surface area (Å²) in [6.45, 7) is 3.90. The maximum absolute atomic E-state index is 11.7. The number of rotatable bonds is 4. The number of likely N-dealkylation sites (tertiary alicyclic amines) is 2. The van der Waals surface area contributed by atoms with Gasteiger partial charge in [-0.15, -0.1) is 0 Å². The third kappa shape index (κ3) is 4.07. The van der Waals surface area contributed by atoms with Gasteiger partial charge in [-0.05, 0) is 25.7 Å². The summed E-state index contributed by atoms with van der Waals surface area (Å²) in [7, 11) is -3.20. The molecule has 0 unspecified atom stereocenters. The molecule has 0 aromatic carbocycles. The molecule has 2 fully saturated rings. The highest BCUT2D eigenvalue weighted by Crippen LogP contribution is 2.10. The van der Waals surface area contributed by atoms with Gasteiger partial charge in [-0.25, -0.2) is 8.42 Å². The van der Waals surface area contributed by atoms with Crippen LogP contribution in [0.2, 0.25) is 0 Å². The zero-order chi connectivity index (χ0) is 12.1. The summed E-state index contributed by atoms with van der Waals surface area (Å²) in [6.07, 6.45) is 8.05. The van der Waals surface area contributed by atoms with Crippen LogP contribution in [0.4, 0.5) is 0 Å². The molecule has 2 rings (SSSR count). The molecule has 0 amide bonds. The van der Waals surface area contributed by atoms with Crippen molar-refractivity contribution in [3.05, 3.63) is 23.2 Å². The van der Waals surface area contributed by atoms with Gasteiger partial charge < -0.3 is 9.80 Å². The van der Waals surface area contributed by atoms with Crippen molar-refractivity contribution in [1.82, 2.24) is 9.80 Å². The van der Waals surface area contributed by atoms with Gasteiger partial charge in [-0.2, -0.15) is 0 Å². The van der Waals surface area contributed by atoms with Gasteiger partial charge in [0.05, 0.1) is 10.8 Å². The van der Waals surface area contributed by atoms with Crippen molar-refractivity contribution in [2.75, 3.05) is 26.2 Å². The number of hydrogen-bond donors (Lipinski definition) is 0. The van der Waals surface area contributed by atoms with E-state index < -0.39 is 9.84 Å². The van der Waals surface area contributed by atoms with Crippen LogP contribution in [0.25, 0.3) is 0 Å². The van der Waals surface area contributed by atoms with Crippen LogP contribution in [0.3, 0.4) is 0 Å². The second-order valence-corrected chi connectivity index (χ2v) is 6.37. The predicted octanol–water partition coefficient (Wildman–Crippen LogP) is 1.54. The lowest BCUT2D eigenvalue weighted by atomic mass is 10.4. The van der Waals surface area contributed by atoms with Crippen LogP contribution in [0.5, 0.6) is 0 Å². The lowest BCUT2D eigenvalue weighted by molar-refractivity contribution is 0.467. The summed E-state index contributed by atoms with van der Waals surface area (Å²) in [6, 6.07) is 0. The van der Waals surface area contributed by atoms with Crippen LogP contribution in [0, 0.1) is 0 Å². The van der Waals surface area contributed by atoms with E-state index in [2.05, 4.69) is 9.80 Å². The van der Waals surface area contributed by atoms with E-state index in [1.165, 1.54) is 10.8 Å². The van der Waals surface area contributed by atoms with E-state index in [1.54, 1.807) is 12.4 Å². The molecule has 2 aliphatic rings. The van der Waals surface area contributed by atoms with E-state index >= 15 is 0 Å². The summed E-state index contributed by atoms with van der Waals surface area (Å²) in [5.41, 5.74) is 0. The number of hydrogen-bond acceptors (Lipinski definition) is 4. The smallest absolute Gasteiger partial charge is 0.195 e. The van der Waals surface area contributed by atoms with E-state index in [4.69, 9.17) is 0 Å². The van der Waals surface area contributed by atoms with Crippen LogP contribution >= 0.6 is 0 Å². The fourth-order valence-corrected chi connectivity index (χ4v) is 2.94. The van der Waals surface area contributed by atoms with Crippen LogP contribution in [0.1, 0.15) is 25.7 Å². The van der Waals surface area contributed by atoms with Crippen molar-refractivity contribution >= 4 is 9.84 Å². The van der Waals surface area contributed by atoms with Crippen LogP contribution in [0.15, 0.2) is 23.2 Å². The monoisotopic (exact) mass is 256 g/mol. The first-order valence-electron chi connectivity index (χ1n) is 6.25. The Hall–Kier alpha value is -0.970. The second-order valence-electron chi connectivity index (χ2n) is 4.65. The highest BCUT2D eigenvalue weighted by molar-refractivity contribution is 7.97. The van der Waals surface area contributed by atoms with Gasteiger partial charge in [0.25, 0.3) is 0 Å². The average Bonchev–Trinajstić information content (AvgIpc) is 2.97. The zero-order valence-corrected chi connectivity index (χ0v) is 10.9. The minimum atomic E-state index is -3.20. The maximum atomic E-state index is 11.7.